The smallest absolute Gasteiger partial charge is 0.234 e. The number of nitrogens with zero attached hydrogens (tertiary/aromatic N) is 3. The van der Waals surface area contributed by atoms with E-state index in [0.717, 1.165) is 17.0 Å². The normalized spacial score (nSPS) is 9.73. The molecule has 1 rings (SSSR count). The van der Waals surface area contributed by atoms with Crippen LogP contribution >= 0.6 is 0 Å². The van der Waals surface area contributed by atoms with Crippen molar-refractivity contribution in [3.8, 4) is 6.07 Å². The van der Waals surface area contributed by atoms with Crippen LogP contribution in [0.3, 0.4) is 0 Å². The molecule has 0 aromatic carbocycles. The Morgan fingerprint density at radius 3 is 2.73 bits per heavy atom. The number of aryl methyl sites for hydroxylation is 2. The summed E-state index contributed by atoms with van der Waals surface area (Å²) < 4.78 is 1.78. The quantitative estimate of drug-likeness (QED) is 0.785. The molecule has 0 aliphatic carbocycles. The number of hydrogen-bond donors (Lipinski definition) is 1. The molecule has 1 aromatic rings. The van der Waals surface area contributed by atoms with E-state index >= 15 is 0 Å². The number of carbonyl (C=O) groups is 1. The van der Waals surface area contributed by atoms with Crippen LogP contribution in [0.25, 0.3) is 0 Å². The van der Waals surface area contributed by atoms with Gasteiger partial charge in [-0.1, -0.05) is 0 Å². The third-order valence-electron chi connectivity index (χ3n) is 2.36. The number of hydrogen-bond acceptors (Lipinski definition) is 3. The molecule has 0 radical (unpaired) electrons. The number of amides is 1. The molecule has 0 fully saturated rings. The van der Waals surface area contributed by atoms with Gasteiger partial charge in [0, 0.05) is 24.8 Å². The van der Waals surface area contributed by atoms with Crippen molar-refractivity contribution in [2.75, 3.05) is 0 Å². The fourth-order valence-corrected chi connectivity index (χ4v) is 1.39. The van der Waals surface area contributed by atoms with Gasteiger partial charge in [0.05, 0.1) is 11.8 Å². The monoisotopic (exact) mass is 206 g/mol. The van der Waals surface area contributed by atoms with Crippen LogP contribution in [-0.2, 0) is 18.4 Å². The number of nitrogens with one attached hydrogen (secondary N) is 1. The fourth-order valence-electron chi connectivity index (χ4n) is 1.39. The predicted octanol–water partition coefficient (Wildman–Crippen LogP) is 0.567. The predicted molar refractivity (Wildman–Crippen MR) is 54.8 cm³/mol. The van der Waals surface area contributed by atoms with Gasteiger partial charge < -0.3 is 5.32 Å². The van der Waals surface area contributed by atoms with Crippen molar-refractivity contribution in [3.63, 3.8) is 0 Å². The summed E-state index contributed by atoms with van der Waals surface area (Å²) in [5.74, 6) is -0.250. The summed E-state index contributed by atoms with van der Waals surface area (Å²) in [4.78, 5) is 11.1. The van der Waals surface area contributed by atoms with E-state index in [4.69, 9.17) is 5.26 Å². The molecule has 5 heteroatoms. The van der Waals surface area contributed by atoms with Crippen molar-refractivity contribution in [3.05, 3.63) is 17.0 Å². The number of carbonyl (C=O) groups excluding carboxylic acids is 1. The van der Waals surface area contributed by atoms with Crippen LogP contribution in [0.15, 0.2) is 0 Å². The van der Waals surface area contributed by atoms with Crippen molar-refractivity contribution < 1.29 is 4.79 Å². The first-order chi connectivity index (χ1) is 7.06. The molecule has 1 heterocycles. The van der Waals surface area contributed by atoms with Gasteiger partial charge >= 0.3 is 0 Å². The summed E-state index contributed by atoms with van der Waals surface area (Å²) in [5.41, 5.74) is 2.96. The highest BCUT2D eigenvalue weighted by Gasteiger charge is 2.09. The average molecular weight is 206 g/mol. The molecule has 0 atom stereocenters. The Bertz CT molecular complexity index is 414. The van der Waals surface area contributed by atoms with Gasteiger partial charge in [-0.05, 0) is 13.8 Å². The maximum absolute atomic E-state index is 11.1. The Morgan fingerprint density at radius 2 is 2.27 bits per heavy atom. The second-order valence-corrected chi connectivity index (χ2v) is 3.38. The van der Waals surface area contributed by atoms with E-state index < -0.39 is 0 Å². The summed E-state index contributed by atoms with van der Waals surface area (Å²) in [6.45, 7) is 4.29. The van der Waals surface area contributed by atoms with E-state index in [9.17, 15) is 4.79 Å². The Balaban J connectivity index is 2.66. The first-order valence-corrected chi connectivity index (χ1v) is 4.69. The summed E-state index contributed by atoms with van der Waals surface area (Å²) >= 11 is 0. The van der Waals surface area contributed by atoms with Crippen LogP contribution in [0, 0.1) is 25.2 Å². The molecule has 1 amide bonds. The van der Waals surface area contributed by atoms with Crippen LogP contribution < -0.4 is 5.32 Å². The lowest BCUT2D eigenvalue weighted by atomic mass is 10.2. The van der Waals surface area contributed by atoms with Crippen molar-refractivity contribution >= 4 is 5.91 Å². The van der Waals surface area contributed by atoms with Gasteiger partial charge in [-0.3, -0.25) is 9.48 Å². The SMILES string of the molecule is Cc1nn(C)c(C)c1CNC(=O)CC#N. The van der Waals surface area contributed by atoms with Gasteiger partial charge in [0.15, 0.2) is 0 Å². The van der Waals surface area contributed by atoms with Crippen molar-refractivity contribution in [1.29, 1.82) is 5.26 Å². The minimum atomic E-state index is -0.250. The maximum Gasteiger partial charge on any atom is 0.234 e. The third-order valence-corrected chi connectivity index (χ3v) is 2.36. The number of nitriles is 1. The van der Waals surface area contributed by atoms with Gasteiger partial charge in [-0.25, -0.2) is 0 Å². The minimum Gasteiger partial charge on any atom is -0.351 e. The lowest BCUT2D eigenvalue weighted by molar-refractivity contribution is -0.120. The molecule has 0 spiro atoms. The van der Waals surface area contributed by atoms with Crippen molar-refractivity contribution in [2.45, 2.75) is 26.8 Å². The van der Waals surface area contributed by atoms with E-state index in [0.29, 0.717) is 6.54 Å². The first-order valence-electron chi connectivity index (χ1n) is 4.69. The van der Waals surface area contributed by atoms with Crippen molar-refractivity contribution in [2.24, 2.45) is 7.05 Å². The molecule has 0 aliphatic rings. The van der Waals surface area contributed by atoms with E-state index in [1.807, 2.05) is 20.9 Å². The highest BCUT2D eigenvalue weighted by molar-refractivity contribution is 5.77. The Labute approximate surface area is 88.7 Å². The number of rotatable bonds is 3. The van der Waals surface area contributed by atoms with Gasteiger partial charge in [0.25, 0.3) is 0 Å². The minimum absolute atomic E-state index is 0.0989. The third kappa shape index (κ3) is 2.56. The van der Waals surface area contributed by atoms with E-state index in [1.54, 1.807) is 10.8 Å². The zero-order chi connectivity index (χ0) is 11.4. The first kappa shape index (κ1) is 11.2. The molecular formula is C10H14N4O. The highest BCUT2D eigenvalue weighted by Crippen LogP contribution is 2.10. The molecule has 0 saturated heterocycles. The van der Waals surface area contributed by atoms with Crippen LogP contribution in [0.5, 0.6) is 0 Å². The van der Waals surface area contributed by atoms with E-state index in [-0.39, 0.29) is 12.3 Å². The van der Waals surface area contributed by atoms with Crippen LogP contribution in [-0.4, -0.2) is 15.7 Å². The highest BCUT2D eigenvalue weighted by atomic mass is 16.1. The van der Waals surface area contributed by atoms with Crippen LogP contribution in [0.4, 0.5) is 0 Å². The molecule has 5 nitrogen and oxygen atoms in total. The summed E-state index contributed by atoms with van der Waals surface area (Å²) in [6.07, 6.45) is -0.0989. The zero-order valence-corrected chi connectivity index (χ0v) is 9.16. The van der Waals surface area contributed by atoms with Crippen LogP contribution in [0.1, 0.15) is 23.4 Å². The van der Waals surface area contributed by atoms with E-state index in [1.165, 1.54) is 0 Å². The number of aromatic nitrogens is 2. The summed E-state index contributed by atoms with van der Waals surface area (Å²) in [7, 11) is 1.86. The fraction of sp³-hybridized carbons (Fsp3) is 0.500. The van der Waals surface area contributed by atoms with Gasteiger partial charge in [0.2, 0.25) is 5.91 Å². The lowest BCUT2D eigenvalue weighted by Gasteiger charge is -2.03. The topological polar surface area (TPSA) is 70.7 Å². The molecule has 0 unspecified atom stereocenters. The molecule has 1 aromatic heterocycles. The maximum atomic E-state index is 11.1. The summed E-state index contributed by atoms with van der Waals surface area (Å²) in [6, 6.07) is 1.81. The Kier molecular flexibility index (Phi) is 3.45. The molecule has 0 bridgehead atoms. The standard InChI is InChI=1S/C10H14N4O/c1-7-9(8(2)14(3)13-7)6-12-10(15)4-5-11/h4,6H2,1-3H3,(H,12,15). The zero-order valence-electron chi connectivity index (χ0n) is 9.16. The largest absolute Gasteiger partial charge is 0.351 e. The molecule has 1 N–H and O–H groups in total. The van der Waals surface area contributed by atoms with Crippen molar-refractivity contribution in [1.82, 2.24) is 15.1 Å². The van der Waals surface area contributed by atoms with Gasteiger partial charge in [-0.15, -0.1) is 0 Å². The molecular weight excluding hydrogens is 192 g/mol. The lowest BCUT2D eigenvalue weighted by Crippen LogP contribution is -2.22. The van der Waals surface area contributed by atoms with Gasteiger partial charge in [-0.2, -0.15) is 10.4 Å². The molecule has 15 heavy (non-hydrogen) atoms. The van der Waals surface area contributed by atoms with Gasteiger partial charge in [0.1, 0.15) is 6.42 Å². The molecule has 0 aliphatic heterocycles. The summed E-state index contributed by atoms with van der Waals surface area (Å²) in [5, 5.41) is 15.2. The van der Waals surface area contributed by atoms with Crippen LogP contribution in [0.2, 0.25) is 0 Å². The Hall–Kier alpha value is -1.83. The molecule has 0 saturated carbocycles. The second kappa shape index (κ2) is 4.60. The average Bonchev–Trinajstić information content (AvgIpc) is 2.40. The second-order valence-electron chi connectivity index (χ2n) is 3.38. The Morgan fingerprint density at radius 1 is 1.60 bits per heavy atom. The molecule has 80 valence electrons. The van der Waals surface area contributed by atoms with E-state index in [2.05, 4.69) is 10.4 Å².